The minimum Gasteiger partial charge on any atom is -0.368 e. The van der Waals surface area contributed by atoms with Crippen LogP contribution in [0.5, 0.6) is 0 Å². The number of guanidine groups is 1. The van der Waals surface area contributed by atoms with Crippen molar-refractivity contribution in [2.24, 2.45) is 10.9 Å². The average Bonchev–Trinajstić information content (AvgIpc) is 3.47. The molecule has 2 N–H and O–H groups in total. The van der Waals surface area contributed by atoms with Crippen LogP contribution in [0.2, 0.25) is 0 Å². The molecule has 7 heteroatoms. The van der Waals surface area contributed by atoms with Crippen molar-refractivity contribution >= 4 is 17.5 Å². The Kier molecular flexibility index (Phi) is 6.35. The number of nitrogens with zero attached hydrogens (tertiary/aromatic N) is 4. The highest BCUT2D eigenvalue weighted by Gasteiger charge is 2.33. The Labute approximate surface area is 178 Å². The van der Waals surface area contributed by atoms with Gasteiger partial charge >= 0.3 is 0 Å². The van der Waals surface area contributed by atoms with Gasteiger partial charge in [0.25, 0.3) is 0 Å². The van der Waals surface area contributed by atoms with E-state index < -0.39 is 0 Å². The van der Waals surface area contributed by atoms with E-state index in [1.165, 1.54) is 18.6 Å². The second-order valence-corrected chi connectivity index (χ2v) is 8.13. The summed E-state index contributed by atoms with van der Waals surface area (Å²) in [6.07, 6.45) is 3.09. The molecule has 4 rings (SSSR count). The van der Waals surface area contributed by atoms with E-state index in [2.05, 4.69) is 45.3 Å². The number of piperazine rings is 1. The first kappa shape index (κ1) is 20.4. The Hall–Kier alpha value is -2.83. The predicted molar refractivity (Wildman–Crippen MR) is 121 cm³/mol. The third-order valence-electron chi connectivity index (χ3n) is 5.80. The molecule has 2 aromatic rings. The van der Waals surface area contributed by atoms with E-state index in [0.29, 0.717) is 12.6 Å². The highest BCUT2D eigenvalue weighted by atomic mass is 19.1. The van der Waals surface area contributed by atoms with Gasteiger partial charge in [0.1, 0.15) is 11.6 Å². The summed E-state index contributed by atoms with van der Waals surface area (Å²) in [5.41, 5.74) is 2.22. The zero-order valence-corrected chi connectivity index (χ0v) is 17.8. The molecule has 1 aromatic carbocycles. The van der Waals surface area contributed by atoms with Crippen LogP contribution in [0.1, 0.15) is 25.8 Å². The lowest BCUT2D eigenvalue weighted by Gasteiger charge is -2.36. The van der Waals surface area contributed by atoms with Gasteiger partial charge in [0, 0.05) is 50.6 Å². The number of halogens is 1. The average molecular weight is 411 g/mol. The molecule has 0 spiro atoms. The maximum absolute atomic E-state index is 13.2. The van der Waals surface area contributed by atoms with Crippen LogP contribution in [0.25, 0.3) is 0 Å². The summed E-state index contributed by atoms with van der Waals surface area (Å²) in [5, 5.41) is 6.83. The summed E-state index contributed by atoms with van der Waals surface area (Å²) >= 11 is 0. The monoisotopic (exact) mass is 410 g/mol. The molecule has 1 aromatic heterocycles. The molecule has 160 valence electrons. The molecule has 6 nitrogen and oxygen atoms in total. The van der Waals surface area contributed by atoms with Crippen molar-refractivity contribution in [1.82, 2.24) is 15.6 Å². The lowest BCUT2D eigenvalue weighted by Crippen LogP contribution is -2.46. The largest absolute Gasteiger partial charge is 0.368 e. The van der Waals surface area contributed by atoms with E-state index in [-0.39, 0.29) is 5.82 Å². The first-order chi connectivity index (χ1) is 14.6. The summed E-state index contributed by atoms with van der Waals surface area (Å²) in [6, 6.07) is 11.5. The lowest BCUT2D eigenvalue weighted by molar-refractivity contribution is 0.624. The van der Waals surface area contributed by atoms with Gasteiger partial charge in [-0.1, -0.05) is 6.92 Å². The molecule has 30 heavy (non-hydrogen) atoms. The first-order valence-electron chi connectivity index (χ1n) is 10.9. The van der Waals surface area contributed by atoms with Gasteiger partial charge in [-0.3, -0.25) is 0 Å². The van der Waals surface area contributed by atoms with E-state index in [1.807, 2.05) is 24.4 Å². The van der Waals surface area contributed by atoms with Gasteiger partial charge in [-0.15, -0.1) is 0 Å². The quantitative estimate of drug-likeness (QED) is 0.566. The predicted octanol–water partition coefficient (Wildman–Crippen LogP) is 3.01. The Balaban J connectivity index is 1.35. The van der Waals surface area contributed by atoms with Crippen LogP contribution in [0, 0.1) is 11.7 Å². The summed E-state index contributed by atoms with van der Waals surface area (Å²) < 4.78 is 13.2. The number of aromatic nitrogens is 1. The van der Waals surface area contributed by atoms with Crippen LogP contribution < -0.4 is 20.4 Å². The van der Waals surface area contributed by atoms with Crippen LogP contribution in [0.3, 0.4) is 0 Å². The molecule has 2 atom stereocenters. The number of anilines is 2. The van der Waals surface area contributed by atoms with Gasteiger partial charge in [0.05, 0.1) is 6.54 Å². The lowest BCUT2D eigenvalue weighted by atomic mass is 10.2. The van der Waals surface area contributed by atoms with E-state index in [9.17, 15) is 4.39 Å². The second-order valence-electron chi connectivity index (χ2n) is 8.13. The van der Waals surface area contributed by atoms with Gasteiger partial charge in [-0.05, 0) is 61.2 Å². The van der Waals surface area contributed by atoms with E-state index in [4.69, 9.17) is 4.99 Å². The number of hydrogen-bond donors (Lipinski definition) is 2. The first-order valence-corrected chi connectivity index (χ1v) is 10.9. The van der Waals surface area contributed by atoms with Gasteiger partial charge in [-0.25, -0.2) is 14.4 Å². The van der Waals surface area contributed by atoms with E-state index in [0.717, 1.165) is 61.7 Å². The fourth-order valence-corrected chi connectivity index (χ4v) is 3.77. The Bertz CT molecular complexity index is 860. The van der Waals surface area contributed by atoms with Gasteiger partial charge < -0.3 is 20.4 Å². The highest BCUT2D eigenvalue weighted by molar-refractivity contribution is 5.80. The molecule has 0 radical (unpaired) electrons. The van der Waals surface area contributed by atoms with Crippen molar-refractivity contribution in [2.45, 2.75) is 32.9 Å². The Morgan fingerprint density at radius 1 is 1.13 bits per heavy atom. The van der Waals surface area contributed by atoms with Gasteiger partial charge in [0.2, 0.25) is 0 Å². The molecule has 0 bridgehead atoms. The summed E-state index contributed by atoms with van der Waals surface area (Å²) in [4.78, 5) is 13.9. The number of rotatable bonds is 6. The van der Waals surface area contributed by atoms with Crippen LogP contribution in [-0.2, 0) is 6.54 Å². The van der Waals surface area contributed by atoms with Crippen LogP contribution in [0.4, 0.5) is 15.9 Å². The molecule has 1 aliphatic heterocycles. The molecule has 2 fully saturated rings. The summed E-state index contributed by atoms with van der Waals surface area (Å²) in [5.74, 6) is 2.42. The van der Waals surface area contributed by atoms with Crippen molar-refractivity contribution in [3.05, 3.63) is 54.0 Å². The van der Waals surface area contributed by atoms with Crippen LogP contribution in [0.15, 0.2) is 47.6 Å². The number of nitrogens with one attached hydrogen (secondary N) is 2. The van der Waals surface area contributed by atoms with Crippen LogP contribution in [-0.4, -0.2) is 49.7 Å². The Morgan fingerprint density at radius 2 is 1.83 bits per heavy atom. The zero-order chi connectivity index (χ0) is 20.9. The highest BCUT2D eigenvalue weighted by Crippen LogP contribution is 2.28. The van der Waals surface area contributed by atoms with Crippen molar-refractivity contribution in [1.29, 1.82) is 0 Å². The second kappa shape index (κ2) is 9.32. The maximum atomic E-state index is 13.2. The molecule has 1 aliphatic carbocycles. The molecule has 1 saturated heterocycles. The van der Waals surface area contributed by atoms with Crippen molar-refractivity contribution in [2.75, 3.05) is 42.5 Å². The smallest absolute Gasteiger partial charge is 0.191 e. The number of aliphatic imine (C=N–C) groups is 1. The Morgan fingerprint density at radius 3 is 2.50 bits per heavy atom. The standard InChI is InChI=1S/C23H31FN6/c1-3-25-23(28-21-14-17(21)2)27-16-18-8-9-26-22(15-18)30-12-10-29(11-13-30)20-6-4-19(24)5-7-20/h4-9,15,17,21H,3,10-14,16H2,1-2H3,(H2,25,27,28). The molecular weight excluding hydrogens is 379 g/mol. The molecule has 2 heterocycles. The fraction of sp³-hybridized carbons (Fsp3) is 0.478. The summed E-state index contributed by atoms with van der Waals surface area (Å²) in [6.45, 7) is 9.39. The third kappa shape index (κ3) is 5.20. The van der Waals surface area contributed by atoms with Crippen molar-refractivity contribution < 1.29 is 4.39 Å². The molecule has 2 unspecified atom stereocenters. The van der Waals surface area contributed by atoms with Gasteiger partial charge in [-0.2, -0.15) is 0 Å². The SMILES string of the molecule is CCNC(=NCc1ccnc(N2CCN(c3ccc(F)cc3)CC2)c1)NC1CC1C. The van der Waals surface area contributed by atoms with E-state index in [1.54, 1.807) is 0 Å². The van der Waals surface area contributed by atoms with Crippen molar-refractivity contribution in [3.8, 4) is 0 Å². The zero-order valence-electron chi connectivity index (χ0n) is 17.8. The van der Waals surface area contributed by atoms with Gasteiger partial charge in [0.15, 0.2) is 5.96 Å². The summed E-state index contributed by atoms with van der Waals surface area (Å²) in [7, 11) is 0. The molecular formula is C23H31FN6. The third-order valence-corrected chi connectivity index (χ3v) is 5.80. The maximum Gasteiger partial charge on any atom is 0.191 e. The van der Waals surface area contributed by atoms with Crippen LogP contribution >= 0.6 is 0 Å². The van der Waals surface area contributed by atoms with Crippen molar-refractivity contribution in [3.63, 3.8) is 0 Å². The fourth-order valence-electron chi connectivity index (χ4n) is 3.77. The minimum atomic E-state index is -0.194. The minimum absolute atomic E-state index is 0.194. The van der Waals surface area contributed by atoms with E-state index >= 15 is 0 Å². The topological polar surface area (TPSA) is 55.8 Å². The number of hydrogen-bond acceptors (Lipinski definition) is 4. The molecule has 0 amide bonds. The number of benzene rings is 1. The number of pyridine rings is 1. The normalized spacial score (nSPS) is 21.5. The molecule has 1 saturated carbocycles. The molecule has 2 aliphatic rings.